The maximum absolute atomic E-state index is 13.8. The van der Waals surface area contributed by atoms with Crippen LogP contribution in [0.5, 0.6) is 11.5 Å². The molecule has 0 aliphatic carbocycles. The molecule has 0 saturated heterocycles. The molecular weight excluding hydrogens is 315 g/mol. The minimum Gasteiger partial charge on any atom is -0.507 e. The summed E-state index contributed by atoms with van der Waals surface area (Å²) >= 11 is 0. The van der Waals surface area contributed by atoms with Crippen LogP contribution in [0.25, 0.3) is 0 Å². The Morgan fingerprint density at radius 1 is 1.29 bits per heavy atom. The number of hydrogen-bond acceptors (Lipinski definition) is 5. The fraction of sp³-hybridized carbons (Fsp3) is 0.222. The Balaban J connectivity index is 1.91. The zero-order chi connectivity index (χ0) is 17.3. The van der Waals surface area contributed by atoms with E-state index in [9.17, 15) is 19.1 Å². The van der Waals surface area contributed by atoms with Gasteiger partial charge in [0.15, 0.2) is 11.9 Å². The van der Waals surface area contributed by atoms with Gasteiger partial charge >= 0.3 is 5.97 Å². The molecule has 0 aromatic heterocycles. The number of phenolic OH excluding ortho intramolecular Hbond substituents is 1. The molecule has 1 N–H and O–H groups in total. The fourth-order valence-electron chi connectivity index (χ4n) is 2.62. The van der Waals surface area contributed by atoms with Crippen molar-refractivity contribution in [2.24, 2.45) is 0 Å². The Bertz CT molecular complexity index is 815. The van der Waals surface area contributed by atoms with E-state index >= 15 is 0 Å². The predicted octanol–water partition coefficient (Wildman–Crippen LogP) is 2.63. The van der Waals surface area contributed by atoms with Crippen LogP contribution in [0.4, 0.5) is 4.39 Å². The van der Waals surface area contributed by atoms with Crippen LogP contribution in [-0.4, -0.2) is 29.6 Å². The average Bonchev–Trinajstić information content (AvgIpc) is 2.97. The van der Waals surface area contributed by atoms with Gasteiger partial charge < -0.3 is 14.6 Å². The van der Waals surface area contributed by atoms with Gasteiger partial charge in [0.25, 0.3) is 0 Å². The zero-order valence-electron chi connectivity index (χ0n) is 12.9. The zero-order valence-corrected chi connectivity index (χ0v) is 12.9. The third-order valence-corrected chi connectivity index (χ3v) is 3.77. The van der Waals surface area contributed by atoms with Crippen molar-refractivity contribution in [2.45, 2.75) is 19.4 Å². The standard InChI is InChI=1S/C18H15FO5/c1-2-23-18(22)16-8-10-7-12(14(20)9-15(10)24-16)17(21)11-5-3-4-6-13(11)19/h3-7,9,16,20H,2,8H2,1H3. The smallest absolute Gasteiger partial charge is 0.347 e. The number of phenols is 1. The lowest BCUT2D eigenvalue weighted by atomic mass is 9.98. The molecule has 0 spiro atoms. The molecule has 24 heavy (non-hydrogen) atoms. The van der Waals surface area contributed by atoms with Crippen molar-refractivity contribution in [3.8, 4) is 11.5 Å². The van der Waals surface area contributed by atoms with E-state index in [1.165, 1.54) is 30.3 Å². The van der Waals surface area contributed by atoms with Gasteiger partial charge in [0, 0.05) is 12.5 Å². The second kappa shape index (κ2) is 6.31. The Labute approximate surface area is 137 Å². The summed E-state index contributed by atoms with van der Waals surface area (Å²) in [6.45, 7) is 1.92. The number of halogens is 1. The van der Waals surface area contributed by atoms with Gasteiger partial charge in [-0.1, -0.05) is 12.1 Å². The minimum atomic E-state index is -0.807. The van der Waals surface area contributed by atoms with E-state index in [1.54, 1.807) is 13.0 Å². The highest BCUT2D eigenvalue weighted by Crippen LogP contribution is 2.36. The molecular formula is C18H15FO5. The van der Waals surface area contributed by atoms with Gasteiger partial charge in [0.05, 0.1) is 17.7 Å². The first-order chi connectivity index (χ1) is 11.5. The first-order valence-corrected chi connectivity index (χ1v) is 7.49. The quantitative estimate of drug-likeness (QED) is 0.689. The van der Waals surface area contributed by atoms with E-state index in [0.717, 1.165) is 0 Å². The predicted molar refractivity (Wildman–Crippen MR) is 82.7 cm³/mol. The highest BCUT2D eigenvalue weighted by molar-refractivity contribution is 6.11. The van der Waals surface area contributed by atoms with Crippen molar-refractivity contribution in [3.05, 3.63) is 58.9 Å². The topological polar surface area (TPSA) is 72.8 Å². The number of rotatable bonds is 4. The van der Waals surface area contributed by atoms with E-state index in [1.807, 2.05) is 0 Å². The molecule has 2 aromatic carbocycles. The monoisotopic (exact) mass is 330 g/mol. The van der Waals surface area contributed by atoms with Crippen LogP contribution in [0.2, 0.25) is 0 Å². The van der Waals surface area contributed by atoms with Gasteiger partial charge in [0.2, 0.25) is 0 Å². The summed E-state index contributed by atoms with van der Waals surface area (Å²) in [4.78, 5) is 24.2. The Hall–Kier alpha value is -2.89. The molecule has 6 heteroatoms. The van der Waals surface area contributed by atoms with Crippen LogP contribution >= 0.6 is 0 Å². The molecule has 0 amide bonds. The molecule has 1 unspecified atom stereocenters. The van der Waals surface area contributed by atoms with Crippen molar-refractivity contribution in [2.75, 3.05) is 6.61 Å². The number of esters is 1. The molecule has 124 valence electrons. The number of aromatic hydroxyl groups is 1. The molecule has 0 bridgehead atoms. The maximum Gasteiger partial charge on any atom is 0.347 e. The number of benzene rings is 2. The second-order valence-corrected chi connectivity index (χ2v) is 5.35. The average molecular weight is 330 g/mol. The molecule has 1 heterocycles. The fourth-order valence-corrected chi connectivity index (χ4v) is 2.62. The molecule has 1 aliphatic rings. The molecule has 5 nitrogen and oxygen atoms in total. The highest BCUT2D eigenvalue weighted by Gasteiger charge is 2.32. The first kappa shape index (κ1) is 16.0. The van der Waals surface area contributed by atoms with Crippen molar-refractivity contribution in [1.82, 2.24) is 0 Å². The van der Waals surface area contributed by atoms with Crippen LogP contribution in [0.3, 0.4) is 0 Å². The van der Waals surface area contributed by atoms with E-state index in [0.29, 0.717) is 11.3 Å². The molecule has 3 rings (SSSR count). The number of carbonyl (C=O) groups excluding carboxylic acids is 2. The molecule has 0 radical (unpaired) electrons. The third kappa shape index (κ3) is 2.82. The summed E-state index contributed by atoms with van der Waals surface area (Å²) < 4.78 is 24.1. The second-order valence-electron chi connectivity index (χ2n) is 5.35. The van der Waals surface area contributed by atoms with Gasteiger partial charge in [0.1, 0.15) is 17.3 Å². The van der Waals surface area contributed by atoms with E-state index in [-0.39, 0.29) is 29.9 Å². The first-order valence-electron chi connectivity index (χ1n) is 7.49. The summed E-state index contributed by atoms with van der Waals surface area (Å²) in [6, 6.07) is 8.24. The third-order valence-electron chi connectivity index (χ3n) is 3.77. The number of ether oxygens (including phenoxy) is 2. The van der Waals surface area contributed by atoms with E-state index in [2.05, 4.69) is 0 Å². The van der Waals surface area contributed by atoms with Gasteiger partial charge in [-0.2, -0.15) is 0 Å². The van der Waals surface area contributed by atoms with Gasteiger partial charge in [-0.25, -0.2) is 9.18 Å². The normalized spacial score (nSPS) is 15.5. The largest absolute Gasteiger partial charge is 0.507 e. The van der Waals surface area contributed by atoms with Crippen LogP contribution in [0.15, 0.2) is 36.4 Å². The molecule has 0 fully saturated rings. The molecule has 2 aromatic rings. The van der Waals surface area contributed by atoms with Crippen molar-refractivity contribution >= 4 is 11.8 Å². The summed E-state index contributed by atoms with van der Waals surface area (Å²) in [5.74, 6) is -1.81. The lowest BCUT2D eigenvalue weighted by Gasteiger charge is -2.09. The van der Waals surface area contributed by atoms with Crippen molar-refractivity contribution in [3.63, 3.8) is 0 Å². The maximum atomic E-state index is 13.8. The molecule has 1 aliphatic heterocycles. The van der Waals surface area contributed by atoms with Crippen LogP contribution in [0.1, 0.15) is 28.4 Å². The highest BCUT2D eigenvalue weighted by atomic mass is 19.1. The van der Waals surface area contributed by atoms with Crippen LogP contribution < -0.4 is 4.74 Å². The molecule has 0 saturated carbocycles. The number of hydrogen-bond donors (Lipinski definition) is 1. The van der Waals surface area contributed by atoms with E-state index < -0.39 is 23.7 Å². The summed E-state index contributed by atoms with van der Waals surface area (Å²) in [7, 11) is 0. The number of carbonyl (C=O) groups is 2. The minimum absolute atomic E-state index is 0.0352. The summed E-state index contributed by atoms with van der Waals surface area (Å²) in [5.41, 5.74) is 0.422. The van der Waals surface area contributed by atoms with Crippen LogP contribution in [-0.2, 0) is 16.0 Å². The lowest BCUT2D eigenvalue weighted by Crippen LogP contribution is -2.27. The molecule has 1 atom stereocenters. The number of fused-ring (bicyclic) bond motifs is 1. The summed E-state index contributed by atoms with van der Waals surface area (Å²) in [5, 5.41) is 10.1. The van der Waals surface area contributed by atoms with Gasteiger partial charge in [-0.3, -0.25) is 4.79 Å². The lowest BCUT2D eigenvalue weighted by molar-refractivity contribution is -0.150. The number of ketones is 1. The van der Waals surface area contributed by atoms with Gasteiger partial charge in [-0.05, 0) is 30.7 Å². The Kier molecular flexibility index (Phi) is 4.20. The van der Waals surface area contributed by atoms with E-state index in [4.69, 9.17) is 9.47 Å². The SMILES string of the molecule is CCOC(=O)C1Cc2cc(C(=O)c3ccccc3F)c(O)cc2O1. The Morgan fingerprint density at radius 3 is 2.75 bits per heavy atom. The Morgan fingerprint density at radius 2 is 2.04 bits per heavy atom. The summed E-state index contributed by atoms with van der Waals surface area (Å²) in [6.07, 6.45) is -0.579. The van der Waals surface area contributed by atoms with Crippen LogP contribution in [0, 0.1) is 5.82 Å². The van der Waals surface area contributed by atoms with Crippen molar-refractivity contribution in [1.29, 1.82) is 0 Å². The van der Waals surface area contributed by atoms with Gasteiger partial charge in [-0.15, -0.1) is 0 Å². The van der Waals surface area contributed by atoms with Crippen molar-refractivity contribution < 1.29 is 28.6 Å².